The van der Waals surface area contributed by atoms with Crippen LogP contribution in [0.15, 0.2) is 11.1 Å². The lowest BCUT2D eigenvalue weighted by molar-refractivity contribution is 0.0695. The monoisotopic (exact) mass is 333 g/mol. The number of aromatic nitrogens is 2. The Morgan fingerprint density at radius 2 is 1.71 bits per heavy atom. The van der Waals surface area contributed by atoms with Crippen molar-refractivity contribution in [2.45, 2.75) is 63.4 Å². The first-order valence-electron chi connectivity index (χ1n) is 6.89. The molecule has 1 aromatic rings. The predicted molar refractivity (Wildman–Crippen MR) is 86.0 cm³/mol. The van der Waals surface area contributed by atoms with E-state index in [0.29, 0.717) is 5.69 Å². The SMILES string of the molecule is Cn1nc(S(=O)(=O)N[Si](C)(C)C(C)(C)C)cc1C(C)(C)O. The molecule has 0 bridgehead atoms. The van der Waals surface area contributed by atoms with Crippen LogP contribution in [0.4, 0.5) is 0 Å². The predicted octanol–water partition coefficient (Wildman–Crippen LogP) is 1.93. The second-order valence-electron chi connectivity index (χ2n) is 7.53. The molecule has 0 radical (unpaired) electrons. The van der Waals surface area contributed by atoms with Crippen LogP contribution in [0.2, 0.25) is 18.1 Å². The molecule has 0 atom stereocenters. The first kappa shape index (κ1) is 18.3. The Hall–Kier alpha value is -0.703. The summed E-state index contributed by atoms with van der Waals surface area (Å²) in [5.74, 6) is 0. The Bertz CT molecular complexity index is 622. The highest BCUT2D eigenvalue weighted by atomic mass is 32.2. The summed E-state index contributed by atoms with van der Waals surface area (Å²) >= 11 is 0. The topological polar surface area (TPSA) is 84.2 Å². The number of aliphatic hydroxyl groups is 1. The molecule has 0 aliphatic carbocycles. The molecule has 0 amide bonds. The fraction of sp³-hybridized carbons (Fsp3) is 0.769. The second kappa shape index (κ2) is 5.19. The van der Waals surface area contributed by atoms with Crippen LogP contribution < -0.4 is 4.39 Å². The molecule has 0 spiro atoms. The number of hydrogen-bond donors (Lipinski definition) is 2. The minimum Gasteiger partial charge on any atom is -0.384 e. The summed E-state index contributed by atoms with van der Waals surface area (Å²) in [5.41, 5.74) is -0.690. The van der Waals surface area contributed by atoms with Crippen LogP contribution in [0.3, 0.4) is 0 Å². The molecule has 0 saturated carbocycles. The molecule has 122 valence electrons. The van der Waals surface area contributed by atoms with E-state index in [1.54, 1.807) is 20.9 Å². The molecule has 1 rings (SSSR count). The van der Waals surface area contributed by atoms with Gasteiger partial charge in [-0.05, 0) is 18.9 Å². The zero-order chi connectivity index (χ0) is 16.9. The molecule has 8 heteroatoms. The van der Waals surface area contributed by atoms with Gasteiger partial charge in [-0.3, -0.25) is 4.68 Å². The quantitative estimate of drug-likeness (QED) is 0.825. The van der Waals surface area contributed by atoms with E-state index < -0.39 is 23.9 Å². The molecule has 0 saturated heterocycles. The van der Waals surface area contributed by atoms with Crippen molar-refractivity contribution >= 4 is 18.3 Å². The highest BCUT2D eigenvalue weighted by Gasteiger charge is 2.40. The van der Waals surface area contributed by atoms with Gasteiger partial charge in [-0.1, -0.05) is 33.9 Å². The smallest absolute Gasteiger partial charge is 0.253 e. The van der Waals surface area contributed by atoms with Crippen LogP contribution in [0.5, 0.6) is 0 Å². The summed E-state index contributed by atoms with van der Waals surface area (Å²) in [6.07, 6.45) is 0. The summed E-state index contributed by atoms with van der Waals surface area (Å²) in [6.45, 7) is 13.2. The second-order valence-corrected chi connectivity index (χ2v) is 14.5. The van der Waals surface area contributed by atoms with E-state index in [2.05, 4.69) is 9.49 Å². The maximum absolute atomic E-state index is 12.6. The summed E-state index contributed by atoms with van der Waals surface area (Å²) in [5, 5.41) is 13.9. The van der Waals surface area contributed by atoms with Gasteiger partial charge in [0.2, 0.25) is 0 Å². The Labute approximate surface area is 128 Å². The van der Waals surface area contributed by atoms with Gasteiger partial charge in [0.05, 0.1) is 5.69 Å². The van der Waals surface area contributed by atoms with Gasteiger partial charge in [-0.2, -0.15) is 5.10 Å². The summed E-state index contributed by atoms with van der Waals surface area (Å²) in [7, 11) is -4.30. The Morgan fingerprint density at radius 3 is 2.05 bits per heavy atom. The zero-order valence-corrected chi connectivity index (χ0v) is 16.0. The molecular weight excluding hydrogens is 306 g/mol. The van der Waals surface area contributed by atoms with Gasteiger partial charge in [-0.25, -0.2) is 12.8 Å². The van der Waals surface area contributed by atoms with Gasteiger partial charge in [0.1, 0.15) is 13.8 Å². The minimum atomic E-state index is -3.69. The maximum atomic E-state index is 12.6. The van der Waals surface area contributed by atoms with Crippen molar-refractivity contribution in [2.75, 3.05) is 0 Å². The molecule has 6 nitrogen and oxygen atoms in total. The van der Waals surface area contributed by atoms with Crippen LogP contribution >= 0.6 is 0 Å². The number of aryl methyl sites for hydroxylation is 1. The largest absolute Gasteiger partial charge is 0.384 e. The number of nitrogens with zero attached hydrogens (tertiary/aromatic N) is 2. The summed E-state index contributed by atoms with van der Waals surface area (Å²) in [6, 6.07) is 1.43. The average Bonchev–Trinajstić information content (AvgIpc) is 2.56. The van der Waals surface area contributed by atoms with Crippen LogP contribution in [0.25, 0.3) is 0 Å². The van der Waals surface area contributed by atoms with Crippen molar-refractivity contribution in [3.63, 3.8) is 0 Å². The third-order valence-electron chi connectivity index (χ3n) is 4.02. The average molecular weight is 334 g/mol. The van der Waals surface area contributed by atoms with Gasteiger partial charge < -0.3 is 5.11 Å². The van der Waals surface area contributed by atoms with Crippen LogP contribution in [0, 0.1) is 0 Å². The molecule has 1 aromatic heterocycles. The molecule has 0 aliphatic heterocycles. The molecule has 1 heterocycles. The van der Waals surface area contributed by atoms with E-state index in [1.165, 1.54) is 10.7 Å². The van der Waals surface area contributed by atoms with E-state index in [1.807, 2.05) is 33.9 Å². The lowest BCUT2D eigenvalue weighted by Crippen LogP contribution is -2.54. The number of hydrogen-bond acceptors (Lipinski definition) is 4. The van der Waals surface area contributed by atoms with E-state index in [0.717, 1.165) is 0 Å². The van der Waals surface area contributed by atoms with Crippen molar-refractivity contribution in [3.8, 4) is 0 Å². The van der Waals surface area contributed by atoms with Gasteiger partial charge in [-0.15, -0.1) is 0 Å². The van der Waals surface area contributed by atoms with E-state index in [-0.39, 0.29) is 10.1 Å². The molecule has 2 N–H and O–H groups in total. The van der Waals surface area contributed by atoms with E-state index in [9.17, 15) is 13.5 Å². The fourth-order valence-electron chi connectivity index (χ4n) is 1.69. The highest BCUT2D eigenvalue weighted by molar-refractivity contribution is 7.90. The van der Waals surface area contributed by atoms with Crippen LogP contribution in [-0.2, 0) is 22.7 Å². The van der Waals surface area contributed by atoms with Crippen molar-refractivity contribution in [1.82, 2.24) is 14.2 Å². The Morgan fingerprint density at radius 1 is 1.24 bits per heavy atom. The van der Waals surface area contributed by atoms with Gasteiger partial charge >= 0.3 is 0 Å². The van der Waals surface area contributed by atoms with Gasteiger partial charge in [0, 0.05) is 13.1 Å². The lowest BCUT2D eigenvalue weighted by Gasteiger charge is -2.36. The van der Waals surface area contributed by atoms with Gasteiger partial charge in [0.25, 0.3) is 10.0 Å². The summed E-state index contributed by atoms with van der Waals surface area (Å²) in [4.78, 5) is 0. The molecule has 0 aliphatic rings. The van der Waals surface area contributed by atoms with Crippen molar-refractivity contribution < 1.29 is 13.5 Å². The third kappa shape index (κ3) is 3.94. The van der Waals surface area contributed by atoms with E-state index in [4.69, 9.17) is 0 Å². The Kier molecular flexibility index (Phi) is 4.53. The Balaban J connectivity index is 3.23. The standard InChI is InChI=1S/C13H27N3O3SSi/c1-12(2,3)21(7,8)15-20(18,19)11-9-10(13(4,5)17)16(6)14-11/h9,15,17H,1-8H3. The van der Waals surface area contributed by atoms with Gasteiger partial charge in [0.15, 0.2) is 5.03 Å². The molecule has 21 heavy (non-hydrogen) atoms. The van der Waals surface area contributed by atoms with Crippen LogP contribution in [-0.4, -0.2) is 31.5 Å². The van der Waals surface area contributed by atoms with Crippen molar-refractivity contribution in [2.24, 2.45) is 7.05 Å². The lowest BCUT2D eigenvalue weighted by atomic mass is 10.1. The molecule has 0 fully saturated rings. The zero-order valence-electron chi connectivity index (χ0n) is 14.1. The molecule has 0 unspecified atom stereocenters. The van der Waals surface area contributed by atoms with E-state index >= 15 is 0 Å². The third-order valence-corrected chi connectivity index (χ3v) is 11.6. The first-order chi connectivity index (χ1) is 9.08. The van der Waals surface area contributed by atoms with Crippen molar-refractivity contribution in [1.29, 1.82) is 0 Å². The molecule has 0 aromatic carbocycles. The number of rotatable bonds is 4. The summed E-state index contributed by atoms with van der Waals surface area (Å²) < 4.78 is 29.3. The molecular formula is C13H27N3O3SSi. The maximum Gasteiger partial charge on any atom is 0.253 e. The minimum absolute atomic E-state index is 0.0491. The van der Waals surface area contributed by atoms with Crippen molar-refractivity contribution in [3.05, 3.63) is 11.8 Å². The number of sulfonamides is 1. The first-order valence-corrected chi connectivity index (χ1v) is 11.4. The fourth-order valence-corrected chi connectivity index (χ4v) is 6.51. The highest BCUT2D eigenvalue weighted by Crippen LogP contribution is 2.35. The normalized spacial score (nSPS) is 14.5. The van der Waals surface area contributed by atoms with Crippen LogP contribution in [0.1, 0.15) is 40.3 Å². The number of nitrogens with one attached hydrogen (secondary N) is 1.